The number of anilines is 1. The molecule has 1 aromatic carbocycles. The summed E-state index contributed by atoms with van der Waals surface area (Å²) in [5.74, 6) is 0.0288. The number of amides is 1. The van der Waals surface area contributed by atoms with Gasteiger partial charge in [0.05, 0.1) is 11.2 Å². The second-order valence-electron chi connectivity index (χ2n) is 4.63. The quantitative estimate of drug-likeness (QED) is 0.777. The van der Waals surface area contributed by atoms with E-state index in [2.05, 4.69) is 38.9 Å². The third kappa shape index (κ3) is 2.33. The standard InChI is InChI=1S/C14H11BrClNOS/c1-7-5-19-6-10(7)14(15)9-2-8-3-13(18)17-12(8)4-11(9)16/h2,4-6,14H,3H2,1H3,(H,17,18). The lowest BCUT2D eigenvalue weighted by atomic mass is 10.0. The predicted molar refractivity (Wildman–Crippen MR) is 83.6 cm³/mol. The lowest BCUT2D eigenvalue weighted by molar-refractivity contribution is -0.115. The smallest absolute Gasteiger partial charge is 0.228 e. The number of halogens is 2. The van der Waals surface area contributed by atoms with Crippen molar-refractivity contribution < 1.29 is 4.79 Å². The lowest BCUT2D eigenvalue weighted by Crippen LogP contribution is -2.03. The highest BCUT2D eigenvalue weighted by Crippen LogP contribution is 2.41. The highest BCUT2D eigenvalue weighted by molar-refractivity contribution is 9.09. The molecular formula is C14H11BrClNOS. The molecule has 0 saturated carbocycles. The molecule has 3 rings (SSSR count). The van der Waals surface area contributed by atoms with Crippen molar-refractivity contribution in [1.29, 1.82) is 0 Å². The predicted octanol–water partition coefficient (Wildman–Crippen LogP) is 4.69. The Hall–Kier alpha value is -0.840. The zero-order chi connectivity index (χ0) is 13.6. The summed E-state index contributed by atoms with van der Waals surface area (Å²) in [5, 5.41) is 7.74. The second-order valence-corrected chi connectivity index (χ2v) is 6.69. The third-order valence-electron chi connectivity index (χ3n) is 3.29. The highest BCUT2D eigenvalue weighted by atomic mass is 79.9. The number of fused-ring (bicyclic) bond motifs is 1. The number of nitrogens with one attached hydrogen (secondary N) is 1. The monoisotopic (exact) mass is 355 g/mol. The number of carbonyl (C=O) groups is 1. The normalized spacial score (nSPS) is 15.2. The van der Waals surface area contributed by atoms with E-state index in [4.69, 9.17) is 11.6 Å². The van der Waals surface area contributed by atoms with Crippen molar-refractivity contribution in [3.63, 3.8) is 0 Å². The second kappa shape index (κ2) is 4.93. The molecule has 2 aromatic rings. The average molecular weight is 357 g/mol. The maximum Gasteiger partial charge on any atom is 0.228 e. The van der Waals surface area contributed by atoms with E-state index in [-0.39, 0.29) is 10.7 Å². The number of thiophene rings is 1. The molecule has 0 fully saturated rings. The largest absolute Gasteiger partial charge is 0.325 e. The van der Waals surface area contributed by atoms with Gasteiger partial charge in [-0.15, -0.1) is 0 Å². The van der Waals surface area contributed by atoms with Gasteiger partial charge in [0.1, 0.15) is 0 Å². The van der Waals surface area contributed by atoms with Crippen molar-refractivity contribution in [2.24, 2.45) is 0 Å². The van der Waals surface area contributed by atoms with Gasteiger partial charge in [0.25, 0.3) is 0 Å². The van der Waals surface area contributed by atoms with Crippen LogP contribution in [0.5, 0.6) is 0 Å². The van der Waals surface area contributed by atoms with Gasteiger partial charge >= 0.3 is 0 Å². The Balaban J connectivity index is 2.05. The molecule has 0 spiro atoms. The fraction of sp³-hybridized carbons (Fsp3) is 0.214. The van der Waals surface area contributed by atoms with E-state index in [1.54, 1.807) is 11.3 Å². The fourth-order valence-electron chi connectivity index (χ4n) is 2.26. The van der Waals surface area contributed by atoms with Crippen LogP contribution in [-0.4, -0.2) is 5.91 Å². The van der Waals surface area contributed by atoms with Gasteiger partial charge in [-0.25, -0.2) is 0 Å². The van der Waals surface area contributed by atoms with Crippen molar-refractivity contribution in [3.05, 3.63) is 50.2 Å². The van der Waals surface area contributed by atoms with E-state index in [9.17, 15) is 4.79 Å². The molecule has 1 amide bonds. The molecule has 0 aliphatic carbocycles. The number of hydrogen-bond acceptors (Lipinski definition) is 2. The molecular weight excluding hydrogens is 346 g/mol. The van der Waals surface area contributed by atoms with Gasteiger partial charge in [-0.1, -0.05) is 33.6 Å². The van der Waals surface area contributed by atoms with Crippen LogP contribution in [0.15, 0.2) is 22.9 Å². The first-order valence-corrected chi connectivity index (χ1v) is 8.09. The minimum Gasteiger partial charge on any atom is -0.325 e. The lowest BCUT2D eigenvalue weighted by Gasteiger charge is -2.14. The first-order valence-electron chi connectivity index (χ1n) is 5.85. The van der Waals surface area contributed by atoms with Crippen molar-refractivity contribution in [2.75, 3.05) is 5.32 Å². The summed E-state index contributed by atoms with van der Waals surface area (Å²) in [7, 11) is 0. The Morgan fingerprint density at radius 1 is 1.37 bits per heavy atom. The van der Waals surface area contributed by atoms with Gasteiger partial charge in [-0.3, -0.25) is 4.79 Å². The molecule has 2 heterocycles. The summed E-state index contributed by atoms with van der Waals surface area (Å²) < 4.78 is 0. The van der Waals surface area contributed by atoms with Crippen molar-refractivity contribution >= 4 is 50.5 Å². The Labute approximate surface area is 128 Å². The molecule has 0 saturated heterocycles. The summed E-state index contributed by atoms with van der Waals surface area (Å²) in [4.78, 5) is 11.5. The number of aryl methyl sites for hydroxylation is 1. The highest BCUT2D eigenvalue weighted by Gasteiger charge is 2.23. The molecule has 19 heavy (non-hydrogen) atoms. The van der Waals surface area contributed by atoms with Gasteiger partial charge in [-0.05, 0) is 46.0 Å². The fourth-order valence-corrected chi connectivity index (χ4v) is 4.59. The van der Waals surface area contributed by atoms with Gasteiger partial charge in [0, 0.05) is 10.7 Å². The summed E-state index contributed by atoms with van der Waals surface area (Å²) in [5.41, 5.74) is 5.34. The van der Waals surface area contributed by atoms with Gasteiger partial charge in [0.15, 0.2) is 0 Å². The molecule has 1 aliphatic heterocycles. The van der Waals surface area contributed by atoms with E-state index in [0.29, 0.717) is 11.4 Å². The minimum atomic E-state index is 0.0288. The Morgan fingerprint density at radius 3 is 2.84 bits per heavy atom. The maximum absolute atomic E-state index is 11.4. The van der Waals surface area contributed by atoms with Gasteiger partial charge < -0.3 is 5.32 Å². The Morgan fingerprint density at radius 2 is 2.16 bits per heavy atom. The summed E-state index contributed by atoms with van der Waals surface area (Å²) >= 11 is 11.7. The summed E-state index contributed by atoms with van der Waals surface area (Å²) in [6.45, 7) is 2.09. The first-order chi connectivity index (χ1) is 9.06. The van der Waals surface area contributed by atoms with Crippen LogP contribution in [-0.2, 0) is 11.2 Å². The van der Waals surface area contributed by atoms with Crippen LogP contribution in [0.4, 0.5) is 5.69 Å². The van der Waals surface area contributed by atoms with Crippen molar-refractivity contribution in [1.82, 2.24) is 0 Å². The van der Waals surface area contributed by atoms with E-state index in [1.807, 2.05) is 12.1 Å². The molecule has 98 valence electrons. The molecule has 1 aliphatic rings. The average Bonchev–Trinajstić information content (AvgIpc) is 2.92. The van der Waals surface area contributed by atoms with Gasteiger partial charge in [0.2, 0.25) is 5.91 Å². The van der Waals surface area contributed by atoms with Crippen LogP contribution in [0.25, 0.3) is 0 Å². The molecule has 1 N–H and O–H groups in total. The van der Waals surface area contributed by atoms with Crippen LogP contribution in [0.2, 0.25) is 5.02 Å². The number of rotatable bonds is 2. The molecule has 1 aromatic heterocycles. The summed E-state index contributed by atoms with van der Waals surface area (Å²) in [6, 6.07) is 3.86. The van der Waals surface area contributed by atoms with Crippen LogP contribution < -0.4 is 5.32 Å². The third-order valence-corrected chi connectivity index (χ3v) is 5.48. The van der Waals surface area contributed by atoms with Gasteiger partial charge in [-0.2, -0.15) is 11.3 Å². The zero-order valence-electron chi connectivity index (χ0n) is 10.2. The van der Waals surface area contributed by atoms with Crippen molar-refractivity contribution in [2.45, 2.75) is 18.2 Å². The summed E-state index contributed by atoms with van der Waals surface area (Å²) in [6.07, 6.45) is 0.432. The SMILES string of the molecule is Cc1cscc1C(Br)c1cc2c(cc1Cl)NC(=O)C2. The van der Waals surface area contributed by atoms with Crippen LogP contribution in [0, 0.1) is 6.92 Å². The van der Waals surface area contributed by atoms with Crippen LogP contribution >= 0.6 is 38.9 Å². The van der Waals surface area contributed by atoms with E-state index in [0.717, 1.165) is 16.8 Å². The van der Waals surface area contributed by atoms with E-state index < -0.39 is 0 Å². The zero-order valence-corrected chi connectivity index (χ0v) is 13.3. The van der Waals surface area contributed by atoms with Crippen molar-refractivity contribution in [3.8, 4) is 0 Å². The molecule has 2 nitrogen and oxygen atoms in total. The van der Waals surface area contributed by atoms with Crippen LogP contribution in [0.1, 0.15) is 27.1 Å². The minimum absolute atomic E-state index is 0.0288. The number of benzene rings is 1. The molecule has 5 heteroatoms. The number of alkyl halides is 1. The Kier molecular flexibility index (Phi) is 3.41. The van der Waals surface area contributed by atoms with E-state index in [1.165, 1.54) is 11.1 Å². The van der Waals surface area contributed by atoms with E-state index >= 15 is 0 Å². The van der Waals surface area contributed by atoms with Crippen LogP contribution in [0.3, 0.4) is 0 Å². The molecule has 1 atom stereocenters. The molecule has 0 radical (unpaired) electrons. The molecule has 1 unspecified atom stereocenters. The Bertz CT molecular complexity index is 667. The molecule has 0 bridgehead atoms. The number of hydrogen-bond donors (Lipinski definition) is 1. The maximum atomic E-state index is 11.4. The first kappa shape index (κ1) is 13.2. The topological polar surface area (TPSA) is 29.1 Å². The number of carbonyl (C=O) groups excluding carboxylic acids is 1.